The predicted molar refractivity (Wildman–Crippen MR) is 199 cm³/mol. The lowest BCUT2D eigenvalue weighted by Crippen LogP contribution is -2.36. The van der Waals surface area contributed by atoms with Crippen LogP contribution in [0.4, 0.5) is 9.59 Å². The van der Waals surface area contributed by atoms with Crippen LogP contribution in [0, 0.1) is 0 Å². The normalized spacial score (nSPS) is 18.7. The molecule has 0 aliphatic carbocycles. The van der Waals surface area contributed by atoms with Crippen molar-refractivity contribution in [1.82, 2.24) is 29.7 Å². The van der Waals surface area contributed by atoms with Gasteiger partial charge in [-0.25, -0.2) is 19.6 Å². The molecule has 8 rings (SSSR count). The Morgan fingerprint density at radius 1 is 0.750 bits per heavy atom. The predicted octanol–water partition coefficient (Wildman–Crippen LogP) is 9.32. The van der Waals surface area contributed by atoms with Crippen LogP contribution in [0.1, 0.15) is 96.5 Å². The molecule has 0 bridgehead atoms. The topological polar surface area (TPSA) is 126 Å². The third kappa shape index (κ3) is 6.60. The van der Waals surface area contributed by atoms with Crippen molar-refractivity contribution in [2.45, 2.75) is 97.1 Å². The minimum absolute atomic E-state index is 0.136. The van der Waals surface area contributed by atoms with Crippen molar-refractivity contribution in [3.8, 4) is 39.3 Å². The zero-order chi connectivity index (χ0) is 36.4. The van der Waals surface area contributed by atoms with Crippen LogP contribution in [-0.4, -0.2) is 66.2 Å². The second-order valence-electron chi connectivity index (χ2n) is 16.1. The smallest absolute Gasteiger partial charge is 0.410 e. The van der Waals surface area contributed by atoms with Crippen LogP contribution in [-0.2, 0) is 16.1 Å². The standard InChI is InChI=1S/C41H46N6O5/c1-40(2,3)51-38(48)46-17-7-9-33(46)36-42-22-32(45-36)26-12-14-28-27(19-26)23-50-35-21-25(11-15-29(28)35)24-13-16-30-31(20-24)44-37(43-30)34-10-8-18-47(34)39(49)52-41(4,5)6/h11-16,19-22,33-34H,7-10,17-18,23H2,1-6H3,(H,42,45)(H,43,44). The summed E-state index contributed by atoms with van der Waals surface area (Å²) >= 11 is 0. The largest absolute Gasteiger partial charge is 0.488 e. The molecule has 2 saturated heterocycles. The van der Waals surface area contributed by atoms with E-state index in [1.807, 2.05) is 53.8 Å². The number of aromatic amines is 2. The molecule has 0 radical (unpaired) electrons. The molecule has 11 nitrogen and oxygen atoms in total. The first kappa shape index (κ1) is 33.8. The molecule has 5 heterocycles. The SMILES string of the molecule is CC(C)(C)OC(=O)N1CCCC1c1ncc(-c2ccc3c(c2)COc2cc(-c4ccc5nc(C6CCCN6C(=O)OC(C)(C)C)[nH]c5c4)ccc2-3)[nH]1. The molecule has 2 fully saturated rings. The zero-order valence-corrected chi connectivity index (χ0v) is 30.7. The number of likely N-dealkylation sites (tertiary alicyclic amines) is 2. The average Bonchev–Trinajstić information content (AvgIpc) is 3.91. The Balaban J connectivity index is 0.996. The van der Waals surface area contributed by atoms with Crippen LogP contribution in [0.15, 0.2) is 60.8 Å². The van der Waals surface area contributed by atoms with E-state index in [-0.39, 0.29) is 24.3 Å². The molecule has 2 aromatic heterocycles. The lowest BCUT2D eigenvalue weighted by Gasteiger charge is -2.27. The van der Waals surface area contributed by atoms with Gasteiger partial charge < -0.3 is 24.2 Å². The van der Waals surface area contributed by atoms with Crippen molar-refractivity contribution in [3.63, 3.8) is 0 Å². The van der Waals surface area contributed by atoms with E-state index in [0.29, 0.717) is 19.7 Å². The molecule has 270 valence electrons. The van der Waals surface area contributed by atoms with Gasteiger partial charge in [0.1, 0.15) is 35.2 Å². The number of benzene rings is 3. The van der Waals surface area contributed by atoms with Crippen molar-refractivity contribution in [2.75, 3.05) is 13.1 Å². The first-order valence-corrected chi connectivity index (χ1v) is 18.2. The summed E-state index contributed by atoms with van der Waals surface area (Å²) in [5.74, 6) is 2.40. The van der Waals surface area contributed by atoms with Crippen molar-refractivity contribution in [1.29, 1.82) is 0 Å². The number of nitrogens with one attached hydrogen (secondary N) is 2. The van der Waals surface area contributed by atoms with Gasteiger partial charge in [-0.3, -0.25) is 9.80 Å². The maximum Gasteiger partial charge on any atom is 0.410 e. The van der Waals surface area contributed by atoms with E-state index < -0.39 is 11.2 Å². The van der Waals surface area contributed by atoms with Crippen LogP contribution >= 0.6 is 0 Å². The van der Waals surface area contributed by atoms with Crippen LogP contribution in [0.3, 0.4) is 0 Å². The quantitative estimate of drug-likeness (QED) is 0.191. The number of H-pyrrole nitrogens is 2. The third-order valence-electron chi connectivity index (χ3n) is 9.89. The van der Waals surface area contributed by atoms with Gasteiger partial charge in [-0.2, -0.15) is 0 Å². The lowest BCUT2D eigenvalue weighted by atomic mass is 9.92. The summed E-state index contributed by atoms with van der Waals surface area (Å²) in [6.07, 6.45) is 4.75. The van der Waals surface area contributed by atoms with Crippen molar-refractivity contribution in [2.24, 2.45) is 0 Å². The Hall–Kier alpha value is -5.32. The first-order valence-electron chi connectivity index (χ1n) is 18.2. The summed E-state index contributed by atoms with van der Waals surface area (Å²) in [5, 5.41) is 0. The number of rotatable bonds is 4. The average molecular weight is 703 g/mol. The van der Waals surface area contributed by atoms with Crippen LogP contribution < -0.4 is 4.74 Å². The van der Waals surface area contributed by atoms with Gasteiger partial charge in [0.05, 0.1) is 35.0 Å². The van der Waals surface area contributed by atoms with Gasteiger partial charge in [0.15, 0.2) is 0 Å². The van der Waals surface area contributed by atoms with Crippen molar-refractivity contribution >= 4 is 23.2 Å². The molecule has 11 heteroatoms. The summed E-state index contributed by atoms with van der Waals surface area (Å²) in [6, 6.07) is 18.7. The molecule has 52 heavy (non-hydrogen) atoms. The van der Waals surface area contributed by atoms with Crippen LogP contribution in [0.2, 0.25) is 0 Å². The second kappa shape index (κ2) is 12.7. The van der Waals surface area contributed by atoms with E-state index >= 15 is 0 Å². The Bertz CT molecular complexity index is 2170. The highest BCUT2D eigenvalue weighted by Crippen LogP contribution is 2.42. The van der Waals surface area contributed by atoms with E-state index in [1.54, 1.807) is 9.80 Å². The van der Waals surface area contributed by atoms with Gasteiger partial charge >= 0.3 is 12.2 Å². The van der Waals surface area contributed by atoms with Crippen molar-refractivity contribution in [3.05, 3.63) is 78.0 Å². The number of hydrogen-bond acceptors (Lipinski definition) is 7. The number of carbonyl (C=O) groups excluding carboxylic acids is 2. The Labute approximate surface area is 303 Å². The monoisotopic (exact) mass is 702 g/mol. The molecule has 0 saturated carbocycles. The van der Waals surface area contributed by atoms with E-state index in [9.17, 15) is 9.59 Å². The highest BCUT2D eigenvalue weighted by molar-refractivity contribution is 5.85. The molecule has 2 amide bonds. The van der Waals surface area contributed by atoms with Gasteiger partial charge in [-0.05, 0) is 119 Å². The molecular weight excluding hydrogens is 656 g/mol. The second-order valence-corrected chi connectivity index (χ2v) is 16.1. The van der Waals surface area contributed by atoms with Crippen LogP contribution in [0.5, 0.6) is 5.75 Å². The molecule has 2 N–H and O–H groups in total. The molecule has 2 unspecified atom stereocenters. The molecule has 2 atom stereocenters. The molecule has 3 aliphatic heterocycles. The minimum Gasteiger partial charge on any atom is -0.488 e. The molecule has 3 aliphatic rings. The number of ether oxygens (including phenoxy) is 3. The summed E-state index contributed by atoms with van der Waals surface area (Å²) < 4.78 is 17.7. The van der Waals surface area contributed by atoms with E-state index in [1.165, 1.54) is 0 Å². The number of amides is 2. The summed E-state index contributed by atoms with van der Waals surface area (Å²) in [5.41, 5.74) is 7.99. The Morgan fingerprint density at radius 3 is 2.06 bits per heavy atom. The fraction of sp³-hybridized carbons (Fsp3) is 0.415. The molecule has 0 spiro atoms. The van der Waals surface area contributed by atoms with Gasteiger partial charge in [0, 0.05) is 18.7 Å². The number of hydrogen-bond donors (Lipinski definition) is 2. The highest BCUT2D eigenvalue weighted by Gasteiger charge is 2.36. The van der Waals surface area contributed by atoms with Crippen LogP contribution in [0.25, 0.3) is 44.5 Å². The highest BCUT2D eigenvalue weighted by atomic mass is 16.6. The Kier molecular flexibility index (Phi) is 8.27. The molecular formula is C41H46N6O5. The van der Waals surface area contributed by atoms with Gasteiger partial charge in [-0.15, -0.1) is 0 Å². The van der Waals surface area contributed by atoms with E-state index in [2.05, 4.69) is 63.5 Å². The maximum atomic E-state index is 12.9. The Morgan fingerprint density at radius 2 is 1.37 bits per heavy atom. The maximum absolute atomic E-state index is 12.9. The zero-order valence-electron chi connectivity index (χ0n) is 30.7. The fourth-order valence-corrected chi connectivity index (χ4v) is 7.54. The fourth-order valence-electron chi connectivity index (χ4n) is 7.54. The first-order chi connectivity index (χ1) is 24.8. The minimum atomic E-state index is -0.550. The van der Waals surface area contributed by atoms with Gasteiger partial charge in [0.2, 0.25) is 0 Å². The molecule has 3 aromatic carbocycles. The number of fused-ring (bicyclic) bond motifs is 4. The summed E-state index contributed by atoms with van der Waals surface area (Å²) in [7, 11) is 0. The van der Waals surface area contributed by atoms with Gasteiger partial charge in [-0.1, -0.05) is 30.3 Å². The van der Waals surface area contributed by atoms with Crippen molar-refractivity contribution < 1.29 is 23.8 Å². The number of aromatic nitrogens is 4. The lowest BCUT2D eigenvalue weighted by molar-refractivity contribution is 0.0208. The summed E-state index contributed by atoms with van der Waals surface area (Å²) in [4.78, 5) is 45.9. The number of nitrogens with zero attached hydrogens (tertiary/aromatic N) is 4. The van der Waals surface area contributed by atoms with Gasteiger partial charge in [0.25, 0.3) is 0 Å². The number of imidazole rings is 2. The third-order valence-corrected chi connectivity index (χ3v) is 9.89. The van der Waals surface area contributed by atoms with E-state index in [0.717, 1.165) is 93.2 Å². The number of carbonyl (C=O) groups is 2. The summed E-state index contributed by atoms with van der Waals surface area (Å²) in [6.45, 7) is 13.1. The molecule has 5 aromatic rings. The van der Waals surface area contributed by atoms with E-state index in [4.69, 9.17) is 19.2 Å².